The van der Waals surface area contributed by atoms with E-state index >= 15 is 0 Å². The molecule has 1 unspecified atom stereocenters. The number of fused-ring (bicyclic) bond motifs is 3. The van der Waals surface area contributed by atoms with E-state index in [4.69, 9.17) is 0 Å². The molecule has 0 radical (unpaired) electrons. The molecule has 27 heavy (non-hydrogen) atoms. The number of aryl methyl sites for hydroxylation is 1. The fourth-order valence-electron chi connectivity index (χ4n) is 5.47. The van der Waals surface area contributed by atoms with Gasteiger partial charge in [-0.25, -0.2) is 4.39 Å². The van der Waals surface area contributed by atoms with Crippen molar-refractivity contribution in [3.63, 3.8) is 0 Å². The number of nitrogens with zero attached hydrogens (tertiary/aromatic N) is 2. The molecule has 5 rings (SSSR count). The molecule has 0 N–H and O–H groups in total. The van der Waals surface area contributed by atoms with Gasteiger partial charge in [-0.15, -0.1) is 0 Å². The lowest BCUT2D eigenvalue weighted by atomic mass is 9.89. The van der Waals surface area contributed by atoms with E-state index in [1.165, 1.54) is 25.0 Å². The average Bonchev–Trinajstić information content (AvgIpc) is 3.43. The normalized spacial score (nSPS) is 24.7. The Hall–Kier alpha value is -1.68. The van der Waals surface area contributed by atoms with Crippen LogP contribution in [0.3, 0.4) is 0 Å². The van der Waals surface area contributed by atoms with Crippen LogP contribution in [-0.2, 0) is 17.8 Å². The number of carbonyl (C=O) groups is 1. The molecule has 0 spiro atoms. The lowest BCUT2D eigenvalue weighted by Gasteiger charge is -2.34. The quantitative estimate of drug-likeness (QED) is 0.764. The highest BCUT2D eigenvalue weighted by Gasteiger charge is 2.53. The molecule has 3 aliphatic rings. The minimum Gasteiger partial charge on any atom is -0.345 e. The highest BCUT2D eigenvalue weighted by atomic mass is 19.1. The van der Waals surface area contributed by atoms with Gasteiger partial charge < -0.3 is 4.57 Å². The summed E-state index contributed by atoms with van der Waals surface area (Å²) < 4.78 is 15.8. The lowest BCUT2D eigenvalue weighted by Crippen LogP contribution is -2.46. The highest BCUT2D eigenvalue weighted by Crippen LogP contribution is 2.45. The number of benzene rings is 1. The van der Waals surface area contributed by atoms with Gasteiger partial charge in [0.15, 0.2) is 5.78 Å². The molecule has 1 saturated heterocycles. The maximum Gasteiger partial charge on any atom is 0.153 e. The first-order chi connectivity index (χ1) is 13.2. The van der Waals surface area contributed by atoms with E-state index in [9.17, 15) is 9.18 Å². The van der Waals surface area contributed by atoms with Crippen molar-refractivity contribution in [1.29, 1.82) is 0 Å². The van der Waals surface area contributed by atoms with E-state index in [0.29, 0.717) is 11.7 Å². The van der Waals surface area contributed by atoms with E-state index in [0.717, 1.165) is 69.1 Å². The van der Waals surface area contributed by atoms with Crippen LogP contribution in [0.1, 0.15) is 57.1 Å². The lowest BCUT2D eigenvalue weighted by molar-refractivity contribution is -0.126. The van der Waals surface area contributed by atoms with Crippen molar-refractivity contribution >= 4 is 16.7 Å². The van der Waals surface area contributed by atoms with E-state index in [1.54, 1.807) is 12.1 Å². The fourth-order valence-corrected chi connectivity index (χ4v) is 5.47. The van der Waals surface area contributed by atoms with Crippen LogP contribution in [0.25, 0.3) is 10.9 Å². The predicted molar refractivity (Wildman–Crippen MR) is 105 cm³/mol. The first kappa shape index (κ1) is 17.4. The number of aromatic nitrogens is 1. The van der Waals surface area contributed by atoms with E-state index in [-0.39, 0.29) is 11.4 Å². The first-order valence-electron chi connectivity index (χ1n) is 10.7. The minimum atomic E-state index is -0.167. The summed E-state index contributed by atoms with van der Waals surface area (Å²) in [4.78, 5) is 15.5. The monoisotopic (exact) mass is 368 g/mol. The summed E-state index contributed by atoms with van der Waals surface area (Å²) in [5.74, 6) is 0.908. The van der Waals surface area contributed by atoms with E-state index in [1.807, 2.05) is 6.07 Å². The van der Waals surface area contributed by atoms with Gasteiger partial charge >= 0.3 is 0 Å². The number of likely N-dealkylation sites (tertiary alicyclic amines) is 1. The Morgan fingerprint density at radius 1 is 1.11 bits per heavy atom. The molecule has 0 amide bonds. The standard InChI is InChI=1S/C23H29FN2O/c24-19-5-6-21-18(15-19)16-20-14-17(8-13-26(20)21)4-7-22(27)23(9-10-23)25-11-2-1-3-12-25/h5-6,15-17H,1-4,7-14H2. The van der Waals surface area contributed by atoms with Gasteiger partial charge in [0.25, 0.3) is 0 Å². The van der Waals surface area contributed by atoms with Crippen LogP contribution in [0.4, 0.5) is 4.39 Å². The molecule has 4 heteroatoms. The van der Waals surface area contributed by atoms with Crippen molar-refractivity contribution in [3.8, 4) is 0 Å². The Balaban J connectivity index is 1.23. The SMILES string of the molecule is O=C(CCC1CCn2c(cc3cc(F)ccc32)C1)C1(N2CCCCC2)CC1. The second-order valence-corrected chi connectivity index (χ2v) is 8.89. The maximum absolute atomic E-state index is 13.5. The van der Waals surface area contributed by atoms with Crippen molar-refractivity contribution in [2.75, 3.05) is 13.1 Å². The third-order valence-electron chi connectivity index (χ3n) is 7.19. The van der Waals surface area contributed by atoms with Crippen LogP contribution in [0, 0.1) is 11.7 Å². The summed E-state index contributed by atoms with van der Waals surface area (Å²) in [6, 6.07) is 7.22. The third kappa shape index (κ3) is 3.12. The molecular formula is C23H29FN2O. The second kappa shape index (κ2) is 6.73. The summed E-state index contributed by atoms with van der Waals surface area (Å²) >= 11 is 0. The third-order valence-corrected chi connectivity index (χ3v) is 7.19. The molecule has 2 aromatic rings. The van der Waals surface area contributed by atoms with Gasteiger partial charge in [0.1, 0.15) is 5.82 Å². The van der Waals surface area contributed by atoms with E-state index < -0.39 is 0 Å². The highest BCUT2D eigenvalue weighted by molar-refractivity contribution is 5.91. The summed E-state index contributed by atoms with van der Waals surface area (Å²) in [7, 11) is 0. The van der Waals surface area contributed by atoms with Crippen molar-refractivity contribution in [3.05, 3.63) is 35.8 Å². The van der Waals surface area contributed by atoms with Crippen LogP contribution in [0.15, 0.2) is 24.3 Å². The predicted octanol–water partition coefficient (Wildman–Crippen LogP) is 4.71. The smallest absolute Gasteiger partial charge is 0.153 e. The van der Waals surface area contributed by atoms with Gasteiger partial charge in [-0.1, -0.05) is 6.42 Å². The maximum atomic E-state index is 13.5. The molecular weight excluding hydrogens is 339 g/mol. The zero-order valence-corrected chi connectivity index (χ0v) is 16.1. The minimum absolute atomic E-state index is 0.0818. The number of hydrogen-bond acceptors (Lipinski definition) is 2. The molecule has 144 valence electrons. The number of piperidine rings is 1. The number of carbonyl (C=O) groups excluding carboxylic acids is 1. The molecule has 0 bridgehead atoms. The Kier molecular flexibility index (Phi) is 4.34. The topological polar surface area (TPSA) is 25.2 Å². The summed E-state index contributed by atoms with van der Waals surface area (Å²) in [5, 5.41) is 1.00. The molecule has 2 fully saturated rings. The average molecular weight is 368 g/mol. The summed E-state index contributed by atoms with van der Waals surface area (Å²) in [6.45, 7) is 3.22. The van der Waals surface area contributed by atoms with Gasteiger partial charge in [-0.2, -0.15) is 0 Å². The Morgan fingerprint density at radius 3 is 2.70 bits per heavy atom. The number of ketones is 1. The van der Waals surface area contributed by atoms with Crippen LogP contribution in [0.2, 0.25) is 0 Å². The van der Waals surface area contributed by atoms with Gasteiger partial charge in [0.05, 0.1) is 5.54 Å². The number of halogens is 1. The Morgan fingerprint density at radius 2 is 1.93 bits per heavy atom. The van der Waals surface area contributed by atoms with Crippen LogP contribution < -0.4 is 0 Å². The molecule has 1 aromatic heterocycles. The van der Waals surface area contributed by atoms with E-state index in [2.05, 4.69) is 15.5 Å². The molecule has 2 aliphatic heterocycles. The Labute approximate surface area is 160 Å². The van der Waals surface area contributed by atoms with Gasteiger partial charge in [0.2, 0.25) is 0 Å². The van der Waals surface area contributed by atoms with Crippen molar-refractivity contribution in [2.45, 2.75) is 69.9 Å². The molecule has 3 nitrogen and oxygen atoms in total. The molecule has 1 atom stereocenters. The van der Waals surface area contributed by atoms with Gasteiger partial charge in [-0.3, -0.25) is 9.69 Å². The molecule has 1 aliphatic carbocycles. The van der Waals surface area contributed by atoms with Crippen molar-refractivity contribution < 1.29 is 9.18 Å². The van der Waals surface area contributed by atoms with Crippen molar-refractivity contribution in [2.24, 2.45) is 5.92 Å². The number of hydrogen-bond donors (Lipinski definition) is 0. The zero-order chi connectivity index (χ0) is 18.4. The van der Waals surface area contributed by atoms with Crippen molar-refractivity contribution in [1.82, 2.24) is 9.47 Å². The number of Topliss-reactive ketones (excluding diaryl/α,β-unsaturated/α-hetero) is 1. The van der Waals surface area contributed by atoms with Crippen LogP contribution >= 0.6 is 0 Å². The first-order valence-corrected chi connectivity index (χ1v) is 10.7. The van der Waals surface area contributed by atoms with Gasteiger partial charge in [0, 0.05) is 29.6 Å². The number of rotatable bonds is 5. The largest absolute Gasteiger partial charge is 0.345 e. The summed E-state index contributed by atoms with van der Waals surface area (Å²) in [5.41, 5.74) is 2.36. The summed E-state index contributed by atoms with van der Waals surface area (Å²) in [6.07, 6.45) is 9.86. The fraction of sp³-hybridized carbons (Fsp3) is 0.609. The van der Waals surface area contributed by atoms with Gasteiger partial charge in [-0.05, 0) is 88.2 Å². The second-order valence-electron chi connectivity index (χ2n) is 8.89. The molecule has 1 aromatic carbocycles. The van der Waals surface area contributed by atoms with Crippen LogP contribution in [-0.4, -0.2) is 33.9 Å². The Bertz CT molecular complexity index is 861. The molecule has 3 heterocycles. The molecule has 1 saturated carbocycles. The van der Waals surface area contributed by atoms with Crippen LogP contribution in [0.5, 0.6) is 0 Å². The zero-order valence-electron chi connectivity index (χ0n) is 16.1.